The minimum Gasteiger partial charge on any atom is -0.356 e. The van der Waals surface area contributed by atoms with E-state index in [-0.39, 0.29) is 36.1 Å². The number of guanidine groups is 1. The van der Waals surface area contributed by atoms with Crippen LogP contribution in [0.3, 0.4) is 0 Å². The number of aliphatic imine (C=N–C) groups is 1. The van der Waals surface area contributed by atoms with E-state index in [1.54, 1.807) is 7.05 Å². The standard InChI is InChI=1S/C16H24F3N5.HI/c1-20-15(21-9-8-12-6-4-3-5-7-12)22-10-13-11-24(2)23-14(13)16(17,18)19;/h6,11H,3-5,7-10H2,1-2H3,(H2,20,21,22);1H. The first-order chi connectivity index (χ1) is 11.4. The third-order valence-corrected chi connectivity index (χ3v) is 3.97. The molecule has 1 heterocycles. The van der Waals surface area contributed by atoms with E-state index >= 15 is 0 Å². The molecule has 1 aromatic heterocycles. The normalized spacial score (nSPS) is 15.4. The quantitative estimate of drug-likeness (QED) is 0.299. The van der Waals surface area contributed by atoms with Crippen LogP contribution in [0.2, 0.25) is 0 Å². The second-order valence-corrected chi connectivity index (χ2v) is 5.89. The van der Waals surface area contributed by atoms with Gasteiger partial charge in [-0.3, -0.25) is 9.67 Å². The van der Waals surface area contributed by atoms with Crippen molar-refractivity contribution in [1.29, 1.82) is 0 Å². The molecule has 0 spiro atoms. The van der Waals surface area contributed by atoms with Gasteiger partial charge in [0.15, 0.2) is 11.7 Å². The fraction of sp³-hybridized carbons (Fsp3) is 0.625. The van der Waals surface area contributed by atoms with Gasteiger partial charge in [-0.2, -0.15) is 18.3 Å². The second-order valence-electron chi connectivity index (χ2n) is 5.89. The maximum Gasteiger partial charge on any atom is 0.435 e. The van der Waals surface area contributed by atoms with Crippen molar-refractivity contribution in [3.63, 3.8) is 0 Å². The molecule has 1 aliphatic carbocycles. The Balaban J connectivity index is 0.00000312. The fourth-order valence-corrected chi connectivity index (χ4v) is 2.78. The number of nitrogens with zero attached hydrogens (tertiary/aromatic N) is 3. The predicted octanol–water partition coefficient (Wildman–Crippen LogP) is 3.61. The molecular formula is C16H25F3IN5. The summed E-state index contributed by atoms with van der Waals surface area (Å²) in [6, 6.07) is 0. The first-order valence-electron chi connectivity index (χ1n) is 8.12. The van der Waals surface area contributed by atoms with E-state index in [4.69, 9.17) is 0 Å². The molecule has 0 fully saturated rings. The van der Waals surface area contributed by atoms with Crippen molar-refractivity contribution in [2.24, 2.45) is 12.0 Å². The molecule has 0 aromatic carbocycles. The minimum atomic E-state index is -4.46. The summed E-state index contributed by atoms with van der Waals surface area (Å²) in [5, 5.41) is 9.55. The molecule has 0 amide bonds. The lowest BCUT2D eigenvalue weighted by atomic mass is 9.97. The van der Waals surface area contributed by atoms with E-state index in [9.17, 15) is 13.2 Å². The molecule has 9 heteroatoms. The molecule has 5 nitrogen and oxygen atoms in total. The number of allylic oxidation sites excluding steroid dienone is 1. The maximum atomic E-state index is 12.9. The highest BCUT2D eigenvalue weighted by Crippen LogP contribution is 2.30. The summed E-state index contributed by atoms with van der Waals surface area (Å²) >= 11 is 0. The molecule has 0 atom stereocenters. The monoisotopic (exact) mass is 471 g/mol. The minimum absolute atomic E-state index is 0. The zero-order chi connectivity index (χ0) is 17.6. The Kier molecular flexibility index (Phi) is 8.74. The third kappa shape index (κ3) is 6.87. The Labute approximate surface area is 163 Å². The number of halogens is 4. The molecule has 0 radical (unpaired) electrons. The molecular weight excluding hydrogens is 446 g/mol. The molecule has 25 heavy (non-hydrogen) atoms. The highest BCUT2D eigenvalue weighted by atomic mass is 127. The van der Waals surface area contributed by atoms with Gasteiger partial charge in [-0.25, -0.2) is 0 Å². The van der Waals surface area contributed by atoms with Crippen LogP contribution in [0.1, 0.15) is 43.4 Å². The smallest absolute Gasteiger partial charge is 0.356 e. The van der Waals surface area contributed by atoms with Gasteiger partial charge in [0.2, 0.25) is 0 Å². The van der Waals surface area contributed by atoms with Gasteiger partial charge in [-0.15, -0.1) is 24.0 Å². The van der Waals surface area contributed by atoms with Crippen LogP contribution in [0.5, 0.6) is 0 Å². The van der Waals surface area contributed by atoms with Crippen LogP contribution in [0, 0.1) is 0 Å². The Morgan fingerprint density at radius 2 is 2.08 bits per heavy atom. The van der Waals surface area contributed by atoms with Crippen LogP contribution in [-0.4, -0.2) is 29.3 Å². The van der Waals surface area contributed by atoms with Crippen molar-refractivity contribution >= 4 is 29.9 Å². The van der Waals surface area contributed by atoms with E-state index < -0.39 is 11.9 Å². The molecule has 1 aromatic rings. The van der Waals surface area contributed by atoms with E-state index in [1.807, 2.05) is 0 Å². The number of aromatic nitrogens is 2. The summed E-state index contributed by atoms with van der Waals surface area (Å²) < 4.78 is 39.9. The Morgan fingerprint density at radius 1 is 1.32 bits per heavy atom. The number of aryl methyl sites for hydroxylation is 1. The zero-order valence-corrected chi connectivity index (χ0v) is 16.8. The average molecular weight is 471 g/mol. The van der Waals surface area contributed by atoms with Gasteiger partial charge in [0.25, 0.3) is 0 Å². The lowest BCUT2D eigenvalue weighted by molar-refractivity contribution is -0.142. The average Bonchev–Trinajstić information content (AvgIpc) is 2.93. The SMILES string of the molecule is CN=C(NCCC1=CCCCC1)NCc1cn(C)nc1C(F)(F)F.I. The van der Waals surface area contributed by atoms with Crippen molar-refractivity contribution in [2.45, 2.75) is 44.8 Å². The molecule has 2 rings (SSSR count). The number of alkyl halides is 3. The van der Waals surface area contributed by atoms with E-state index in [0.29, 0.717) is 12.5 Å². The van der Waals surface area contributed by atoms with Crippen molar-refractivity contribution in [1.82, 2.24) is 20.4 Å². The van der Waals surface area contributed by atoms with Crippen LogP contribution in [0.4, 0.5) is 13.2 Å². The Morgan fingerprint density at radius 3 is 2.68 bits per heavy atom. The molecule has 0 aliphatic heterocycles. The first-order valence-corrected chi connectivity index (χ1v) is 8.12. The molecule has 0 bridgehead atoms. The Bertz CT molecular complexity index is 607. The van der Waals surface area contributed by atoms with E-state index in [0.717, 1.165) is 19.3 Å². The molecule has 0 saturated carbocycles. The summed E-state index contributed by atoms with van der Waals surface area (Å²) in [5.41, 5.74) is 0.680. The summed E-state index contributed by atoms with van der Waals surface area (Å²) in [4.78, 5) is 4.05. The zero-order valence-electron chi connectivity index (χ0n) is 14.5. The number of rotatable bonds is 5. The van der Waals surface area contributed by atoms with Crippen LogP contribution in [0.25, 0.3) is 0 Å². The van der Waals surface area contributed by atoms with Crippen LogP contribution in [-0.2, 0) is 19.8 Å². The number of hydrogen-bond donors (Lipinski definition) is 2. The van der Waals surface area contributed by atoms with E-state index in [1.165, 1.54) is 36.3 Å². The summed E-state index contributed by atoms with van der Waals surface area (Å²) in [6.07, 6.45) is 4.90. The predicted molar refractivity (Wildman–Crippen MR) is 103 cm³/mol. The second kappa shape index (κ2) is 10.0. The highest BCUT2D eigenvalue weighted by molar-refractivity contribution is 14.0. The van der Waals surface area contributed by atoms with E-state index in [2.05, 4.69) is 26.8 Å². The summed E-state index contributed by atoms with van der Waals surface area (Å²) in [5.74, 6) is 0.489. The van der Waals surface area contributed by atoms with Crippen molar-refractivity contribution in [3.05, 3.63) is 29.1 Å². The molecule has 0 unspecified atom stereocenters. The highest BCUT2D eigenvalue weighted by Gasteiger charge is 2.36. The van der Waals surface area contributed by atoms with Gasteiger partial charge in [0.1, 0.15) is 0 Å². The van der Waals surface area contributed by atoms with Crippen molar-refractivity contribution in [3.8, 4) is 0 Å². The molecule has 2 N–H and O–H groups in total. The van der Waals surface area contributed by atoms with Crippen LogP contribution < -0.4 is 10.6 Å². The summed E-state index contributed by atoms with van der Waals surface area (Å²) in [6.45, 7) is 0.732. The maximum absolute atomic E-state index is 12.9. The lowest BCUT2D eigenvalue weighted by Crippen LogP contribution is -2.37. The van der Waals surface area contributed by atoms with Gasteiger partial charge < -0.3 is 10.6 Å². The summed E-state index contributed by atoms with van der Waals surface area (Å²) in [7, 11) is 3.08. The third-order valence-electron chi connectivity index (χ3n) is 3.97. The van der Waals surface area contributed by atoms with Gasteiger partial charge in [-0.1, -0.05) is 11.6 Å². The molecule has 0 saturated heterocycles. The lowest BCUT2D eigenvalue weighted by Gasteiger charge is -2.15. The molecule has 142 valence electrons. The van der Waals surface area contributed by atoms with Gasteiger partial charge >= 0.3 is 6.18 Å². The first kappa shape index (κ1) is 21.8. The fourth-order valence-electron chi connectivity index (χ4n) is 2.78. The number of hydrogen-bond acceptors (Lipinski definition) is 2. The molecule has 1 aliphatic rings. The van der Waals surface area contributed by atoms with Gasteiger partial charge in [-0.05, 0) is 32.1 Å². The number of nitrogens with one attached hydrogen (secondary N) is 2. The van der Waals surface area contributed by atoms with Crippen molar-refractivity contribution in [2.75, 3.05) is 13.6 Å². The largest absolute Gasteiger partial charge is 0.435 e. The van der Waals surface area contributed by atoms with Crippen LogP contribution >= 0.6 is 24.0 Å². The van der Waals surface area contributed by atoms with Crippen LogP contribution in [0.15, 0.2) is 22.8 Å². The van der Waals surface area contributed by atoms with Crippen molar-refractivity contribution < 1.29 is 13.2 Å². The van der Waals surface area contributed by atoms with Gasteiger partial charge in [0, 0.05) is 38.9 Å². The topological polar surface area (TPSA) is 54.2 Å². The Hall–Kier alpha value is -1.26. The van der Waals surface area contributed by atoms with Gasteiger partial charge in [0.05, 0.1) is 0 Å².